The average Bonchev–Trinajstić information content (AvgIpc) is 2.73. The van der Waals surface area contributed by atoms with E-state index in [1.54, 1.807) is 0 Å². The Bertz CT molecular complexity index is 1100. The molecule has 1 amide bonds. The van der Waals surface area contributed by atoms with Crippen LogP contribution in [0.25, 0.3) is 0 Å². The van der Waals surface area contributed by atoms with Gasteiger partial charge in [-0.3, -0.25) is 4.79 Å². The lowest BCUT2D eigenvalue weighted by atomic mass is 10.2. The van der Waals surface area contributed by atoms with Gasteiger partial charge in [0.15, 0.2) is 5.75 Å². The third-order valence-electron chi connectivity index (χ3n) is 4.39. The number of nitrogens with zero attached hydrogens (tertiary/aromatic N) is 1. The van der Waals surface area contributed by atoms with Crippen molar-refractivity contribution in [2.75, 3.05) is 23.8 Å². The van der Waals surface area contributed by atoms with Crippen molar-refractivity contribution >= 4 is 27.3 Å². The van der Waals surface area contributed by atoms with E-state index >= 15 is 0 Å². The van der Waals surface area contributed by atoms with E-state index in [1.807, 2.05) is 66.5 Å². The number of sulfonamides is 1. The fraction of sp³-hybridized carbons (Fsp3) is 0.136. The van der Waals surface area contributed by atoms with E-state index < -0.39 is 10.0 Å². The molecule has 7 nitrogen and oxygen atoms in total. The molecule has 0 heterocycles. The molecule has 0 fully saturated rings. The quantitative estimate of drug-likeness (QED) is 0.574. The summed E-state index contributed by atoms with van der Waals surface area (Å²) in [6.07, 6.45) is 0.243. The largest absolute Gasteiger partial charge is 0.455 e. The Morgan fingerprint density at radius 2 is 1.60 bits per heavy atom. The number of carbonyl (C=O) groups is 1. The first kappa shape index (κ1) is 21.4. The summed E-state index contributed by atoms with van der Waals surface area (Å²) in [4.78, 5) is 14.2. The molecule has 3 aromatic carbocycles. The molecule has 0 saturated carbocycles. The molecule has 8 heteroatoms. The number of benzene rings is 3. The molecule has 0 saturated heterocycles. The lowest BCUT2D eigenvalue weighted by Crippen LogP contribution is -2.24. The Labute approximate surface area is 176 Å². The van der Waals surface area contributed by atoms with Gasteiger partial charge < -0.3 is 15.0 Å². The van der Waals surface area contributed by atoms with Crippen LogP contribution in [-0.4, -0.2) is 27.9 Å². The number of primary sulfonamides is 1. The van der Waals surface area contributed by atoms with E-state index in [9.17, 15) is 13.2 Å². The van der Waals surface area contributed by atoms with Crippen molar-refractivity contribution in [1.82, 2.24) is 0 Å². The highest BCUT2D eigenvalue weighted by Gasteiger charge is 2.12. The lowest BCUT2D eigenvalue weighted by molar-refractivity contribution is -0.116. The number of hydrogen-bond acceptors (Lipinski definition) is 5. The Kier molecular flexibility index (Phi) is 6.71. The van der Waals surface area contributed by atoms with Crippen molar-refractivity contribution in [3.8, 4) is 11.5 Å². The molecule has 0 aromatic heterocycles. The summed E-state index contributed by atoms with van der Waals surface area (Å²) in [6, 6.07) is 22.8. The zero-order valence-electron chi connectivity index (χ0n) is 16.5. The number of anilines is 2. The molecule has 0 spiro atoms. The van der Waals surface area contributed by atoms with Gasteiger partial charge in [0.1, 0.15) is 5.75 Å². The summed E-state index contributed by atoms with van der Waals surface area (Å²) in [5.74, 6) is 1.25. The van der Waals surface area contributed by atoms with E-state index in [0.717, 1.165) is 11.4 Å². The monoisotopic (exact) mass is 425 g/mol. The maximum absolute atomic E-state index is 12.3. The Balaban J connectivity index is 1.59. The van der Waals surface area contributed by atoms with Crippen LogP contribution in [-0.2, 0) is 14.8 Å². The smallest absolute Gasteiger partial charge is 0.238 e. The topological polar surface area (TPSA) is 102 Å². The van der Waals surface area contributed by atoms with Gasteiger partial charge in [-0.15, -0.1) is 0 Å². The van der Waals surface area contributed by atoms with Gasteiger partial charge in [-0.05, 0) is 48.5 Å². The molecule has 0 radical (unpaired) electrons. The van der Waals surface area contributed by atoms with E-state index in [4.69, 9.17) is 9.88 Å². The predicted molar refractivity (Wildman–Crippen MR) is 117 cm³/mol. The van der Waals surface area contributed by atoms with Gasteiger partial charge >= 0.3 is 0 Å². The second-order valence-corrected chi connectivity index (χ2v) is 8.23. The van der Waals surface area contributed by atoms with Gasteiger partial charge in [-0.25, -0.2) is 13.6 Å². The summed E-state index contributed by atoms with van der Waals surface area (Å²) < 4.78 is 28.6. The number of ether oxygens (including phenoxy) is 1. The van der Waals surface area contributed by atoms with Crippen LogP contribution in [0.5, 0.6) is 11.5 Å². The van der Waals surface area contributed by atoms with Crippen LogP contribution >= 0.6 is 0 Å². The van der Waals surface area contributed by atoms with Gasteiger partial charge in [0, 0.05) is 25.7 Å². The molecular formula is C22H23N3O4S. The average molecular weight is 426 g/mol. The number of para-hydroxylation sites is 3. The van der Waals surface area contributed by atoms with Crippen LogP contribution in [0.15, 0.2) is 83.8 Å². The highest BCUT2D eigenvalue weighted by Crippen LogP contribution is 2.31. The number of amides is 1. The van der Waals surface area contributed by atoms with Crippen LogP contribution in [0.2, 0.25) is 0 Å². The first-order chi connectivity index (χ1) is 14.3. The van der Waals surface area contributed by atoms with Gasteiger partial charge in [-0.1, -0.05) is 30.3 Å². The number of hydrogen-bond donors (Lipinski definition) is 2. The lowest BCUT2D eigenvalue weighted by Gasteiger charge is -2.22. The second-order valence-electron chi connectivity index (χ2n) is 6.67. The number of nitrogens with two attached hydrogens (primary N) is 1. The first-order valence-electron chi connectivity index (χ1n) is 9.29. The summed E-state index contributed by atoms with van der Waals surface area (Å²) in [7, 11) is -1.87. The first-order valence-corrected chi connectivity index (χ1v) is 10.8. The molecule has 0 bridgehead atoms. The minimum atomic E-state index is -3.76. The third kappa shape index (κ3) is 5.82. The van der Waals surface area contributed by atoms with Crippen LogP contribution in [0.3, 0.4) is 0 Å². The van der Waals surface area contributed by atoms with Crippen LogP contribution in [0.1, 0.15) is 6.42 Å². The van der Waals surface area contributed by atoms with Gasteiger partial charge in [0.2, 0.25) is 15.9 Å². The van der Waals surface area contributed by atoms with E-state index in [1.165, 1.54) is 24.3 Å². The van der Waals surface area contributed by atoms with Crippen molar-refractivity contribution < 1.29 is 17.9 Å². The molecule has 156 valence electrons. The Morgan fingerprint density at radius 3 is 2.27 bits per heavy atom. The van der Waals surface area contributed by atoms with E-state index in [2.05, 4.69) is 5.32 Å². The molecular weight excluding hydrogens is 402 g/mol. The number of rotatable bonds is 8. The highest BCUT2D eigenvalue weighted by atomic mass is 32.2. The minimum absolute atomic E-state index is 0.00439. The molecule has 0 aliphatic heterocycles. The molecule has 0 atom stereocenters. The number of nitrogens with one attached hydrogen (secondary N) is 1. The normalized spacial score (nSPS) is 11.0. The fourth-order valence-corrected chi connectivity index (χ4v) is 3.33. The van der Waals surface area contributed by atoms with E-state index in [-0.39, 0.29) is 17.2 Å². The summed E-state index contributed by atoms with van der Waals surface area (Å²) >= 11 is 0. The Morgan fingerprint density at radius 1 is 0.967 bits per heavy atom. The van der Waals surface area contributed by atoms with Crippen molar-refractivity contribution in [1.29, 1.82) is 0 Å². The molecule has 30 heavy (non-hydrogen) atoms. The maximum Gasteiger partial charge on any atom is 0.238 e. The molecule has 3 N–H and O–H groups in total. The van der Waals surface area contributed by atoms with Crippen molar-refractivity contribution in [3.05, 3.63) is 78.9 Å². The second kappa shape index (κ2) is 9.43. The zero-order chi connectivity index (χ0) is 21.6. The van der Waals surface area contributed by atoms with Crippen LogP contribution in [0.4, 0.5) is 11.4 Å². The van der Waals surface area contributed by atoms with Crippen LogP contribution in [0, 0.1) is 0 Å². The maximum atomic E-state index is 12.3. The molecule has 3 aromatic rings. The SMILES string of the molecule is CN(CCC(=O)Nc1ccc(S(N)(=O)=O)cc1)c1ccccc1Oc1ccccc1. The predicted octanol–water partition coefficient (Wildman–Crippen LogP) is 3.59. The summed E-state index contributed by atoms with van der Waals surface area (Å²) in [6.45, 7) is 0.469. The summed E-state index contributed by atoms with van der Waals surface area (Å²) in [5, 5.41) is 7.82. The Hall–Kier alpha value is -3.36. The van der Waals surface area contributed by atoms with Crippen molar-refractivity contribution in [3.63, 3.8) is 0 Å². The fourth-order valence-electron chi connectivity index (χ4n) is 2.82. The zero-order valence-corrected chi connectivity index (χ0v) is 17.3. The molecule has 0 aliphatic rings. The van der Waals surface area contributed by atoms with Crippen molar-refractivity contribution in [2.24, 2.45) is 5.14 Å². The van der Waals surface area contributed by atoms with Gasteiger partial charge in [0.05, 0.1) is 10.6 Å². The summed E-state index contributed by atoms with van der Waals surface area (Å²) in [5.41, 5.74) is 1.37. The standard InChI is InChI=1S/C22H23N3O4S/c1-25(20-9-5-6-10-21(20)29-18-7-3-2-4-8-18)16-15-22(26)24-17-11-13-19(14-12-17)30(23,27)28/h2-14H,15-16H2,1H3,(H,24,26)(H2,23,27,28). The third-order valence-corrected chi connectivity index (χ3v) is 5.32. The molecule has 0 unspecified atom stereocenters. The van der Waals surface area contributed by atoms with Gasteiger partial charge in [-0.2, -0.15) is 0 Å². The molecule has 0 aliphatic carbocycles. The van der Waals surface area contributed by atoms with E-state index in [0.29, 0.717) is 18.0 Å². The van der Waals surface area contributed by atoms with Crippen molar-refractivity contribution in [2.45, 2.75) is 11.3 Å². The number of carbonyl (C=O) groups excluding carboxylic acids is 1. The van der Waals surface area contributed by atoms with Crippen LogP contribution < -0.4 is 20.1 Å². The highest BCUT2D eigenvalue weighted by molar-refractivity contribution is 7.89. The minimum Gasteiger partial charge on any atom is -0.455 e. The van der Waals surface area contributed by atoms with Gasteiger partial charge in [0.25, 0.3) is 0 Å². The molecule has 3 rings (SSSR count).